The number of hydrazine groups is 1. The number of fused-ring (bicyclic) bond motifs is 1. The fourth-order valence-electron chi connectivity index (χ4n) is 2.15. The van der Waals surface area contributed by atoms with Crippen molar-refractivity contribution in [2.24, 2.45) is 5.84 Å². The number of carbonyl (C=O) groups excluding carboxylic acids is 1. The van der Waals surface area contributed by atoms with Crippen LogP contribution in [0, 0.1) is 0 Å². The number of nitrogen functional groups attached to an aromatic ring is 1. The smallest absolute Gasteiger partial charge is 0.265 e. The average Bonchev–Trinajstić information content (AvgIpc) is 2.99. The lowest BCUT2D eigenvalue weighted by Gasteiger charge is -2.09. The summed E-state index contributed by atoms with van der Waals surface area (Å²) in [6.45, 7) is 0.265. The first-order valence-electron chi connectivity index (χ1n) is 6.22. The second kappa shape index (κ2) is 5.47. The van der Waals surface area contributed by atoms with Gasteiger partial charge in [-0.25, -0.2) is 10.8 Å². The van der Waals surface area contributed by atoms with Crippen LogP contribution in [0.5, 0.6) is 0 Å². The monoisotopic (exact) mass is 300 g/mol. The van der Waals surface area contributed by atoms with E-state index in [2.05, 4.69) is 10.4 Å². The number of thiophene rings is 1. The van der Waals surface area contributed by atoms with Crippen molar-refractivity contribution in [2.45, 2.75) is 6.54 Å². The molecule has 1 amide bonds. The number of hydrogen-bond acceptors (Lipinski definition) is 5. The summed E-state index contributed by atoms with van der Waals surface area (Å²) in [4.78, 5) is 29.1. The molecule has 6 nitrogen and oxygen atoms in total. The zero-order valence-electron chi connectivity index (χ0n) is 10.9. The number of benzene rings is 1. The second-order valence-electron chi connectivity index (χ2n) is 4.45. The van der Waals surface area contributed by atoms with Crippen LogP contribution in [0.1, 0.15) is 15.9 Å². The maximum atomic E-state index is 12.3. The molecular weight excluding hydrogens is 288 g/mol. The second-order valence-corrected chi connectivity index (χ2v) is 5.34. The van der Waals surface area contributed by atoms with E-state index in [0.29, 0.717) is 21.3 Å². The number of aromatic nitrogens is 2. The van der Waals surface area contributed by atoms with Crippen molar-refractivity contribution < 1.29 is 4.79 Å². The molecule has 2 aromatic heterocycles. The molecule has 0 saturated carbocycles. The highest BCUT2D eigenvalue weighted by atomic mass is 32.1. The number of nitrogens with two attached hydrogens (primary N) is 1. The Bertz CT molecular complexity index is 869. The van der Waals surface area contributed by atoms with Gasteiger partial charge in [0.25, 0.3) is 11.5 Å². The van der Waals surface area contributed by atoms with Crippen LogP contribution in [0.25, 0.3) is 10.2 Å². The molecule has 0 unspecified atom stereocenters. The van der Waals surface area contributed by atoms with Crippen LogP contribution in [0.2, 0.25) is 0 Å². The van der Waals surface area contributed by atoms with Gasteiger partial charge in [0.1, 0.15) is 4.83 Å². The third-order valence-electron chi connectivity index (χ3n) is 3.18. The molecular formula is C14H12N4O2S. The van der Waals surface area contributed by atoms with Crippen LogP contribution in [-0.4, -0.2) is 15.5 Å². The quantitative estimate of drug-likeness (QED) is 0.431. The highest BCUT2D eigenvalue weighted by molar-refractivity contribution is 7.16. The van der Waals surface area contributed by atoms with Crippen molar-refractivity contribution in [1.82, 2.24) is 15.0 Å². The molecule has 0 atom stereocenters. The van der Waals surface area contributed by atoms with Crippen LogP contribution in [0.3, 0.4) is 0 Å². The highest BCUT2D eigenvalue weighted by Gasteiger charge is 2.11. The predicted molar refractivity (Wildman–Crippen MR) is 81.1 cm³/mol. The van der Waals surface area contributed by atoms with Crippen LogP contribution in [0.15, 0.2) is 46.8 Å². The van der Waals surface area contributed by atoms with Gasteiger partial charge in [-0.2, -0.15) is 0 Å². The van der Waals surface area contributed by atoms with Gasteiger partial charge in [-0.15, -0.1) is 11.3 Å². The normalized spacial score (nSPS) is 10.7. The van der Waals surface area contributed by atoms with Crippen LogP contribution in [-0.2, 0) is 6.54 Å². The Morgan fingerprint density at radius 1 is 1.33 bits per heavy atom. The van der Waals surface area contributed by atoms with Crippen molar-refractivity contribution >= 4 is 27.5 Å². The standard InChI is InChI=1S/C14H12N4O2S/c15-17-12(19)10-4-2-1-3-9(10)7-18-8-16-13-11(14(18)20)5-6-21-13/h1-6,8H,7,15H2,(H,17,19). The summed E-state index contributed by atoms with van der Waals surface area (Å²) in [5.41, 5.74) is 3.14. The minimum atomic E-state index is -0.386. The van der Waals surface area contributed by atoms with Gasteiger partial charge in [-0.3, -0.25) is 19.6 Å². The Morgan fingerprint density at radius 3 is 2.95 bits per heavy atom. The van der Waals surface area contributed by atoms with Gasteiger partial charge in [0, 0.05) is 5.56 Å². The Kier molecular flexibility index (Phi) is 3.51. The van der Waals surface area contributed by atoms with Gasteiger partial charge in [-0.05, 0) is 23.1 Å². The lowest BCUT2D eigenvalue weighted by Crippen LogP contribution is -2.31. The molecule has 7 heteroatoms. The van der Waals surface area contributed by atoms with E-state index < -0.39 is 0 Å². The summed E-state index contributed by atoms with van der Waals surface area (Å²) in [6.07, 6.45) is 1.50. The molecule has 0 aliphatic carbocycles. The molecule has 0 saturated heterocycles. The summed E-state index contributed by atoms with van der Waals surface area (Å²) in [5.74, 6) is 4.79. The summed E-state index contributed by atoms with van der Waals surface area (Å²) < 4.78 is 1.48. The number of nitrogens with one attached hydrogen (secondary N) is 1. The molecule has 3 aromatic rings. The molecule has 0 aliphatic rings. The van der Waals surface area contributed by atoms with Gasteiger partial charge >= 0.3 is 0 Å². The fourth-order valence-corrected chi connectivity index (χ4v) is 2.87. The van der Waals surface area contributed by atoms with E-state index in [1.165, 1.54) is 22.2 Å². The van der Waals surface area contributed by atoms with Crippen LogP contribution < -0.4 is 16.8 Å². The first kappa shape index (κ1) is 13.5. The summed E-state index contributed by atoms with van der Waals surface area (Å²) in [6, 6.07) is 8.76. The molecule has 3 N–H and O–H groups in total. The van der Waals surface area contributed by atoms with Gasteiger partial charge in [0.15, 0.2) is 0 Å². The molecule has 3 rings (SSSR count). The molecule has 0 spiro atoms. The van der Waals surface area contributed by atoms with Crippen LogP contribution in [0.4, 0.5) is 0 Å². The van der Waals surface area contributed by atoms with Crippen molar-refractivity contribution in [3.8, 4) is 0 Å². The largest absolute Gasteiger partial charge is 0.294 e. The Morgan fingerprint density at radius 2 is 2.14 bits per heavy atom. The zero-order valence-corrected chi connectivity index (χ0v) is 11.8. The lowest BCUT2D eigenvalue weighted by atomic mass is 10.1. The summed E-state index contributed by atoms with van der Waals surface area (Å²) in [5, 5.41) is 2.42. The van der Waals surface area contributed by atoms with Gasteiger partial charge in [0.2, 0.25) is 0 Å². The molecule has 0 fully saturated rings. The van der Waals surface area contributed by atoms with E-state index in [1.54, 1.807) is 24.3 Å². The van der Waals surface area contributed by atoms with Gasteiger partial charge in [0.05, 0.1) is 18.3 Å². The summed E-state index contributed by atoms with van der Waals surface area (Å²) >= 11 is 1.42. The fraction of sp³-hybridized carbons (Fsp3) is 0.0714. The van der Waals surface area contributed by atoms with E-state index >= 15 is 0 Å². The molecule has 1 aromatic carbocycles. The predicted octanol–water partition coefficient (Wildman–Crippen LogP) is 1.11. The van der Waals surface area contributed by atoms with Crippen molar-refractivity contribution in [1.29, 1.82) is 0 Å². The maximum Gasteiger partial charge on any atom is 0.265 e. The third-order valence-corrected chi connectivity index (χ3v) is 4.00. The van der Waals surface area contributed by atoms with E-state index in [9.17, 15) is 9.59 Å². The van der Waals surface area contributed by atoms with Gasteiger partial charge < -0.3 is 0 Å². The molecule has 0 bridgehead atoms. The number of hydrogen-bond donors (Lipinski definition) is 2. The molecule has 106 valence electrons. The first-order valence-corrected chi connectivity index (χ1v) is 7.10. The number of rotatable bonds is 3. The molecule has 0 aliphatic heterocycles. The van der Waals surface area contributed by atoms with Crippen molar-refractivity contribution in [2.75, 3.05) is 0 Å². The third kappa shape index (κ3) is 2.44. The van der Waals surface area contributed by atoms with E-state index in [4.69, 9.17) is 5.84 Å². The first-order chi connectivity index (χ1) is 10.2. The minimum absolute atomic E-state index is 0.121. The zero-order chi connectivity index (χ0) is 14.8. The Balaban J connectivity index is 2.05. The maximum absolute atomic E-state index is 12.3. The number of carbonyl (C=O) groups is 1. The SMILES string of the molecule is NNC(=O)c1ccccc1Cn1cnc2sccc2c1=O. The summed E-state index contributed by atoms with van der Waals surface area (Å²) in [7, 11) is 0. The van der Waals surface area contributed by atoms with E-state index in [-0.39, 0.29) is 18.0 Å². The molecule has 2 heterocycles. The Labute approximate surface area is 123 Å². The van der Waals surface area contributed by atoms with Crippen LogP contribution >= 0.6 is 11.3 Å². The molecule has 21 heavy (non-hydrogen) atoms. The molecule has 0 radical (unpaired) electrons. The van der Waals surface area contributed by atoms with Crippen molar-refractivity contribution in [3.05, 3.63) is 63.5 Å². The van der Waals surface area contributed by atoms with Crippen molar-refractivity contribution in [3.63, 3.8) is 0 Å². The minimum Gasteiger partial charge on any atom is -0.294 e. The Hall–Kier alpha value is -2.51. The number of nitrogens with zero attached hydrogens (tertiary/aromatic N) is 2. The average molecular weight is 300 g/mol. The lowest BCUT2D eigenvalue weighted by molar-refractivity contribution is 0.0952. The number of amides is 1. The van der Waals surface area contributed by atoms with Gasteiger partial charge in [-0.1, -0.05) is 18.2 Å². The topological polar surface area (TPSA) is 90.0 Å². The van der Waals surface area contributed by atoms with E-state index in [0.717, 1.165) is 0 Å². The van der Waals surface area contributed by atoms with E-state index in [1.807, 2.05) is 11.4 Å². The highest BCUT2D eigenvalue weighted by Crippen LogP contribution is 2.14.